The molecule has 3 heteroatoms. The lowest BCUT2D eigenvalue weighted by atomic mass is 9.81. The summed E-state index contributed by atoms with van der Waals surface area (Å²) in [5.74, 6) is 1.47. The van der Waals surface area contributed by atoms with Crippen LogP contribution in [0, 0.1) is 0 Å². The average molecular weight is 208 g/mol. The van der Waals surface area contributed by atoms with E-state index < -0.39 is 0 Å². The van der Waals surface area contributed by atoms with E-state index in [1.54, 1.807) is 0 Å². The van der Waals surface area contributed by atoms with Crippen molar-refractivity contribution in [2.24, 2.45) is 5.73 Å². The highest BCUT2D eigenvalue weighted by atomic mass is 32.1. The Morgan fingerprint density at radius 2 is 2.07 bits per heavy atom. The van der Waals surface area contributed by atoms with Crippen LogP contribution in [0.3, 0.4) is 0 Å². The van der Waals surface area contributed by atoms with Crippen LogP contribution in [-0.4, -0.2) is 11.0 Å². The van der Waals surface area contributed by atoms with E-state index >= 15 is 0 Å². The molecule has 1 heterocycles. The van der Waals surface area contributed by atoms with E-state index in [2.05, 4.69) is 5.38 Å². The summed E-state index contributed by atoms with van der Waals surface area (Å²) in [4.78, 5) is 4.75. The summed E-state index contributed by atoms with van der Waals surface area (Å²) in [6.45, 7) is 0. The fourth-order valence-corrected chi connectivity index (χ4v) is 3.27. The Morgan fingerprint density at radius 1 is 1.29 bits per heavy atom. The van der Waals surface area contributed by atoms with Crippen molar-refractivity contribution in [2.45, 2.75) is 50.0 Å². The van der Waals surface area contributed by atoms with Crippen LogP contribution in [0.1, 0.15) is 54.6 Å². The van der Waals surface area contributed by atoms with Crippen LogP contribution in [0.25, 0.3) is 0 Å². The zero-order valence-corrected chi connectivity index (χ0v) is 9.09. The number of thiazole rings is 1. The fourth-order valence-electron chi connectivity index (χ4n) is 2.24. The van der Waals surface area contributed by atoms with E-state index in [-0.39, 0.29) is 0 Å². The van der Waals surface area contributed by atoms with Gasteiger partial charge in [-0.2, -0.15) is 0 Å². The average Bonchev–Trinajstić information content (AvgIpc) is 2.44. The van der Waals surface area contributed by atoms with Crippen LogP contribution < -0.4 is 5.73 Å². The molecular weight excluding hydrogens is 192 g/mol. The van der Waals surface area contributed by atoms with Crippen molar-refractivity contribution >= 4 is 11.3 Å². The van der Waals surface area contributed by atoms with Gasteiger partial charge in [-0.15, -0.1) is 11.3 Å². The molecular formula is C11H16N2S. The molecule has 1 aromatic heterocycles. The SMILES string of the molecule is NC1CC(c2nc(C3CCC3)cs2)C1. The maximum Gasteiger partial charge on any atom is 0.0960 e. The summed E-state index contributed by atoms with van der Waals surface area (Å²) in [6.07, 6.45) is 6.40. The molecule has 0 atom stereocenters. The van der Waals surface area contributed by atoms with Gasteiger partial charge in [0.05, 0.1) is 10.7 Å². The van der Waals surface area contributed by atoms with Crippen molar-refractivity contribution in [2.75, 3.05) is 0 Å². The van der Waals surface area contributed by atoms with Crippen LogP contribution in [0.5, 0.6) is 0 Å². The predicted molar refractivity (Wildman–Crippen MR) is 58.7 cm³/mol. The zero-order chi connectivity index (χ0) is 9.54. The second-order valence-corrected chi connectivity index (χ2v) is 5.56. The van der Waals surface area contributed by atoms with E-state index in [1.807, 2.05) is 11.3 Å². The Morgan fingerprint density at radius 3 is 2.64 bits per heavy atom. The minimum Gasteiger partial charge on any atom is -0.328 e. The number of nitrogens with two attached hydrogens (primary N) is 1. The van der Waals surface area contributed by atoms with Crippen molar-refractivity contribution in [3.63, 3.8) is 0 Å². The Hall–Kier alpha value is -0.410. The Balaban J connectivity index is 1.70. The lowest BCUT2D eigenvalue weighted by Crippen LogP contribution is -2.34. The molecule has 0 saturated heterocycles. The number of aromatic nitrogens is 1. The molecule has 76 valence electrons. The van der Waals surface area contributed by atoms with Crippen LogP contribution in [0.2, 0.25) is 0 Å². The quantitative estimate of drug-likeness (QED) is 0.811. The van der Waals surface area contributed by atoms with E-state index in [4.69, 9.17) is 10.7 Å². The second-order valence-electron chi connectivity index (χ2n) is 4.67. The van der Waals surface area contributed by atoms with Gasteiger partial charge in [0.1, 0.15) is 0 Å². The van der Waals surface area contributed by atoms with Gasteiger partial charge < -0.3 is 5.73 Å². The topological polar surface area (TPSA) is 38.9 Å². The molecule has 2 N–H and O–H groups in total. The fraction of sp³-hybridized carbons (Fsp3) is 0.727. The minimum absolute atomic E-state index is 0.441. The van der Waals surface area contributed by atoms with Crippen molar-refractivity contribution in [1.29, 1.82) is 0 Å². The van der Waals surface area contributed by atoms with Crippen molar-refractivity contribution in [3.8, 4) is 0 Å². The maximum atomic E-state index is 5.79. The molecule has 0 radical (unpaired) electrons. The summed E-state index contributed by atoms with van der Waals surface area (Å²) >= 11 is 1.85. The predicted octanol–water partition coefficient (Wildman–Crippen LogP) is 2.62. The smallest absolute Gasteiger partial charge is 0.0960 e. The molecule has 0 aromatic carbocycles. The van der Waals surface area contributed by atoms with Crippen molar-refractivity contribution in [3.05, 3.63) is 16.1 Å². The van der Waals surface area contributed by atoms with E-state index in [0.717, 1.165) is 18.8 Å². The highest BCUT2D eigenvalue weighted by Gasteiger charge is 2.30. The Labute approximate surface area is 88.5 Å². The van der Waals surface area contributed by atoms with Crippen molar-refractivity contribution in [1.82, 2.24) is 4.98 Å². The summed E-state index contributed by atoms with van der Waals surface area (Å²) in [7, 11) is 0. The molecule has 0 aliphatic heterocycles. The van der Waals surface area contributed by atoms with Gasteiger partial charge in [-0.05, 0) is 25.7 Å². The molecule has 2 fully saturated rings. The number of rotatable bonds is 2. The largest absolute Gasteiger partial charge is 0.328 e. The molecule has 0 spiro atoms. The van der Waals surface area contributed by atoms with Crippen LogP contribution in [0.15, 0.2) is 5.38 Å². The van der Waals surface area contributed by atoms with Gasteiger partial charge in [-0.1, -0.05) is 6.42 Å². The number of hydrogen-bond acceptors (Lipinski definition) is 3. The lowest BCUT2D eigenvalue weighted by Gasteiger charge is -2.30. The third-order valence-corrected chi connectivity index (χ3v) is 4.61. The normalized spacial score (nSPS) is 32.4. The van der Waals surface area contributed by atoms with Gasteiger partial charge in [0.25, 0.3) is 0 Å². The molecule has 2 aliphatic carbocycles. The van der Waals surface area contributed by atoms with Gasteiger partial charge in [0.15, 0.2) is 0 Å². The van der Waals surface area contributed by atoms with Crippen LogP contribution >= 0.6 is 11.3 Å². The molecule has 0 unspecified atom stereocenters. The zero-order valence-electron chi connectivity index (χ0n) is 8.28. The van der Waals surface area contributed by atoms with E-state index in [0.29, 0.717) is 12.0 Å². The minimum atomic E-state index is 0.441. The molecule has 2 aliphatic rings. The summed E-state index contributed by atoms with van der Waals surface area (Å²) in [6, 6.07) is 0.441. The number of hydrogen-bond donors (Lipinski definition) is 1. The molecule has 3 rings (SSSR count). The van der Waals surface area contributed by atoms with Crippen LogP contribution in [-0.2, 0) is 0 Å². The highest BCUT2D eigenvalue weighted by molar-refractivity contribution is 7.09. The lowest BCUT2D eigenvalue weighted by molar-refractivity contribution is 0.348. The standard InChI is InChI=1S/C11H16N2S/c12-9-4-8(5-9)11-13-10(6-14-11)7-2-1-3-7/h6-9H,1-5,12H2. The van der Waals surface area contributed by atoms with E-state index in [9.17, 15) is 0 Å². The van der Waals surface area contributed by atoms with Gasteiger partial charge >= 0.3 is 0 Å². The molecule has 0 amide bonds. The molecule has 0 bridgehead atoms. The first kappa shape index (κ1) is 8.86. The first-order valence-corrected chi connectivity index (χ1v) is 6.42. The summed E-state index contributed by atoms with van der Waals surface area (Å²) in [5, 5.41) is 3.61. The third-order valence-electron chi connectivity index (χ3n) is 3.59. The highest BCUT2D eigenvalue weighted by Crippen LogP contribution is 2.41. The second kappa shape index (κ2) is 3.31. The van der Waals surface area contributed by atoms with Gasteiger partial charge in [0.2, 0.25) is 0 Å². The third kappa shape index (κ3) is 1.39. The van der Waals surface area contributed by atoms with Gasteiger partial charge in [0, 0.05) is 23.3 Å². The van der Waals surface area contributed by atoms with Gasteiger partial charge in [-0.3, -0.25) is 0 Å². The first-order chi connectivity index (χ1) is 6.83. The number of nitrogens with zero attached hydrogens (tertiary/aromatic N) is 1. The maximum absolute atomic E-state index is 5.79. The van der Waals surface area contributed by atoms with E-state index in [1.165, 1.54) is 30.0 Å². The Kier molecular flexibility index (Phi) is 2.10. The molecule has 14 heavy (non-hydrogen) atoms. The monoisotopic (exact) mass is 208 g/mol. The first-order valence-electron chi connectivity index (χ1n) is 5.54. The van der Waals surface area contributed by atoms with Crippen molar-refractivity contribution < 1.29 is 0 Å². The van der Waals surface area contributed by atoms with Gasteiger partial charge in [-0.25, -0.2) is 4.98 Å². The molecule has 1 aromatic rings. The summed E-state index contributed by atoms with van der Waals surface area (Å²) < 4.78 is 0. The summed E-state index contributed by atoms with van der Waals surface area (Å²) in [5.41, 5.74) is 7.15. The molecule has 2 saturated carbocycles. The van der Waals surface area contributed by atoms with Crippen LogP contribution in [0.4, 0.5) is 0 Å². The Bertz CT molecular complexity index is 324. The molecule has 2 nitrogen and oxygen atoms in total.